The van der Waals surface area contributed by atoms with Gasteiger partial charge in [-0.1, -0.05) is 26.7 Å². The number of nitrogens with one attached hydrogen (secondary N) is 1. The van der Waals surface area contributed by atoms with Crippen LogP contribution in [0.5, 0.6) is 0 Å². The highest BCUT2D eigenvalue weighted by molar-refractivity contribution is 5.93. The zero-order chi connectivity index (χ0) is 20.1. The van der Waals surface area contributed by atoms with Crippen molar-refractivity contribution in [3.05, 3.63) is 23.8 Å². The Kier molecular flexibility index (Phi) is 7.28. The number of amides is 2. The smallest absolute Gasteiger partial charge is 0.227 e. The predicted octanol–water partition coefficient (Wildman–Crippen LogP) is 4.27. The summed E-state index contributed by atoms with van der Waals surface area (Å²) in [5, 5.41) is 3.08. The van der Waals surface area contributed by atoms with E-state index in [2.05, 4.69) is 31.0 Å². The molecule has 5 nitrogen and oxygen atoms in total. The highest BCUT2D eigenvalue weighted by Gasteiger charge is 2.24. The molecule has 1 aromatic rings. The molecule has 0 radical (unpaired) electrons. The van der Waals surface area contributed by atoms with Crippen LogP contribution in [0.4, 0.5) is 11.4 Å². The Bertz CT molecular complexity index is 664. The van der Waals surface area contributed by atoms with Gasteiger partial charge in [-0.15, -0.1) is 0 Å². The lowest BCUT2D eigenvalue weighted by Gasteiger charge is -2.32. The lowest BCUT2D eigenvalue weighted by molar-refractivity contribution is -0.132. The van der Waals surface area contributed by atoms with Crippen molar-refractivity contribution in [3.63, 3.8) is 0 Å². The molecule has 0 spiro atoms. The SMILES string of the molecule is CC(=O)N(Cc1cc(NC(=O)C2CCCC2)ccc1N(C)C)[C@@H](C)C(C)C. The summed E-state index contributed by atoms with van der Waals surface area (Å²) in [7, 11) is 4.00. The Morgan fingerprint density at radius 1 is 1.15 bits per heavy atom. The quantitative estimate of drug-likeness (QED) is 0.776. The summed E-state index contributed by atoms with van der Waals surface area (Å²) in [4.78, 5) is 28.7. The predicted molar refractivity (Wildman–Crippen MR) is 112 cm³/mol. The Hall–Kier alpha value is -2.04. The maximum atomic E-state index is 12.5. The summed E-state index contributed by atoms with van der Waals surface area (Å²) in [5.41, 5.74) is 2.93. The van der Waals surface area contributed by atoms with Crippen molar-refractivity contribution in [1.29, 1.82) is 0 Å². The summed E-state index contributed by atoms with van der Waals surface area (Å²) in [6.45, 7) is 8.51. The lowest BCUT2D eigenvalue weighted by Crippen LogP contribution is -2.39. The van der Waals surface area contributed by atoms with Crippen LogP contribution in [0, 0.1) is 11.8 Å². The van der Waals surface area contributed by atoms with Crippen molar-refractivity contribution in [2.75, 3.05) is 24.3 Å². The molecule has 2 rings (SSSR count). The van der Waals surface area contributed by atoms with Gasteiger partial charge in [0.1, 0.15) is 0 Å². The normalized spacial score (nSPS) is 15.7. The second kappa shape index (κ2) is 9.25. The van der Waals surface area contributed by atoms with Crippen LogP contribution in [0.15, 0.2) is 18.2 Å². The number of hydrogen-bond donors (Lipinski definition) is 1. The van der Waals surface area contributed by atoms with Gasteiger partial charge < -0.3 is 15.1 Å². The minimum Gasteiger partial charge on any atom is -0.377 e. The third-order valence-electron chi connectivity index (χ3n) is 5.76. The largest absolute Gasteiger partial charge is 0.377 e. The molecule has 1 aliphatic carbocycles. The van der Waals surface area contributed by atoms with Crippen LogP contribution < -0.4 is 10.2 Å². The van der Waals surface area contributed by atoms with E-state index in [9.17, 15) is 9.59 Å². The first-order valence-electron chi connectivity index (χ1n) is 10.1. The summed E-state index contributed by atoms with van der Waals surface area (Å²) < 4.78 is 0. The van der Waals surface area contributed by atoms with E-state index < -0.39 is 0 Å². The molecule has 0 unspecified atom stereocenters. The van der Waals surface area contributed by atoms with Crippen LogP contribution in [-0.4, -0.2) is 36.9 Å². The molecule has 150 valence electrons. The fourth-order valence-corrected chi connectivity index (χ4v) is 3.74. The zero-order valence-corrected chi connectivity index (χ0v) is 17.7. The van der Waals surface area contributed by atoms with Crippen LogP contribution in [0.3, 0.4) is 0 Å². The molecule has 27 heavy (non-hydrogen) atoms. The van der Waals surface area contributed by atoms with Crippen LogP contribution in [0.25, 0.3) is 0 Å². The first-order valence-corrected chi connectivity index (χ1v) is 10.1. The van der Waals surface area contributed by atoms with Crippen molar-refractivity contribution >= 4 is 23.2 Å². The maximum Gasteiger partial charge on any atom is 0.227 e. The van der Waals surface area contributed by atoms with Crippen molar-refractivity contribution in [1.82, 2.24) is 4.90 Å². The van der Waals surface area contributed by atoms with E-state index >= 15 is 0 Å². The van der Waals surface area contributed by atoms with E-state index in [0.29, 0.717) is 12.5 Å². The van der Waals surface area contributed by atoms with E-state index in [0.717, 1.165) is 42.6 Å². The molecular formula is C22H35N3O2. The summed E-state index contributed by atoms with van der Waals surface area (Å²) in [6.07, 6.45) is 4.25. The van der Waals surface area contributed by atoms with E-state index in [4.69, 9.17) is 0 Å². The van der Waals surface area contributed by atoms with Crippen molar-refractivity contribution in [2.24, 2.45) is 11.8 Å². The van der Waals surface area contributed by atoms with E-state index in [1.807, 2.05) is 37.2 Å². The van der Waals surface area contributed by atoms with Crippen LogP contribution in [0.1, 0.15) is 58.9 Å². The number of carbonyl (C=O) groups excluding carboxylic acids is 2. The standard InChI is InChI=1S/C22H35N3O2/c1-15(2)16(3)25(17(4)26)14-19-13-20(11-12-21(19)24(5)6)23-22(27)18-9-7-8-10-18/h11-13,15-16,18H,7-10,14H2,1-6H3,(H,23,27)/t16-/m0/s1. The molecule has 1 N–H and O–H groups in total. The number of nitrogens with zero attached hydrogens (tertiary/aromatic N) is 2. The molecule has 1 atom stereocenters. The Balaban J connectivity index is 2.26. The molecule has 0 heterocycles. The van der Waals surface area contributed by atoms with E-state index in [-0.39, 0.29) is 23.8 Å². The molecular weight excluding hydrogens is 338 g/mol. The first-order chi connectivity index (χ1) is 12.7. The van der Waals surface area contributed by atoms with Gasteiger partial charge in [-0.2, -0.15) is 0 Å². The van der Waals surface area contributed by atoms with Gasteiger partial charge in [-0.25, -0.2) is 0 Å². The number of benzene rings is 1. The van der Waals surface area contributed by atoms with Crippen LogP contribution in [0.2, 0.25) is 0 Å². The zero-order valence-electron chi connectivity index (χ0n) is 17.7. The molecule has 0 saturated heterocycles. The summed E-state index contributed by atoms with van der Waals surface area (Å²) in [6, 6.07) is 6.15. The minimum absolute atomic E-state index is 0.0706. The second-order valence-electron chi connectivity index (χ2n) is 8.34. The van der Waals surface area contributed by atoms with E-state index in [1.165, 1.54) is 0 Å². The fraction of sp³-hybridized carbons (Fsp3) is 0.636. The molecule has 0 aliphatic heterocycles. The van der Waals surface area contributed by atoms with Gasteiger partial charge in [0.25, 0.3) is 0 Å². The summed E-state index contributed by atoms with van der Waals surface area (Å²) in [5.74, 6) is 0.704. The average Bonchev–Trinajstić information content (AvgIpc) is 3.13. The number of hydrogen-bond acceptors (Lipinski definition) is 3. The third kappa shape index (κ3) is 5.47. The summed E-state index contributed by atoms with van der Waals surface area (Å²) >= 11 is 0. The van der Waals surface area contributed by atoms with Gasteiger partial charge in [0, 0.05) is 50.9 Å². The minimum atomic E-state index is 0.0706. The molecule has 2 amide bonds. The third-order valence-corrected chi connectivity index (χ3v) is 5.76. The monoisotopic (exact) mass is 373 g/mol. The number of anilines is 2. The highest BCUT2D eigenvalue weighted by atomic mass is 16.2. The molecule has 5 heteroatoms. The van der Waals surface area contributed by atoms with Gasteiger partial charge >= 0.3 is 0 Å². The van der Waals surface area contributed by atoms with Crippen LogP contribution >= 0.6 is 0 Å². The highest BCUT2D eigenvalue weighted by Crippen LogP contribution is 2.29. The van der Waals surface area contributed by atoms with Crippen molar-refractivity contribution < 1.29 is 9.59 Å². The van der Waals surface area contributed by atoms with Crippen LogP contribution in [-0.2, 0) is 16.1 Å². The fourth-order valence-electron chi connectivity index (χ4n) is 3.74. The van der Waals surface area contributed by atoms with Crippen molar-refractivity contribution in [3.8, 4) is 0 Å². The molecule has 0 aromatic heterocycles. The molecule has 0 bridgehead atoms. The first kappa shape index (κ1) is 21.3. The van der Waals surface area contributed by atoms with E-state index in [1.54, 1.807) is 6.92 Å². The van der Waals surface area contributed by atoms with Gasteiger partial charge in [0.2, 0.25) is 11.8 Å². The average molecular weight is 374 g/mol. The van der Waals surface area contributed by atoms with Gasteiger partial charge in [-0.05, 0) is 49.4 Å². The molecule has 1 aliphatic rings. The second-order valence-corrected chi connectivity index (χ2v) is 8.34. The molecule has 1 saturated carbocycles. The van der Waals surface area contributed by atoms with Gasteiger partial charge in [0.05, 0.1) is 0 Å². The van der Waals surface area contributed by atoms with Gasteiger partial charge in [-0.3, -0.25) is 9.59 Å². The number of rotatable bonds is 7. The van der Waals surface area contributed by atoms with Crippen molar-refractivity contribution in [2.45, 2.75) is 66.0 Å². The Morgan fingerprint density at radius 3 is 2.30 bits per heavy atom. The molecule has 1 fully saturated rings. The Morgan fingerprint density at radius 2 is 1.78 bits per heavy atom. The lowest BCUT2D eigenvalue weighted by atomic mass is 10.0. The maximum absolute atomic E-state index is 12.5. The topological polar surface area (TPSA) is 52.7 Å². The van der Waals surface area contributed by atoms with Gasteiger partial charge in [0.15, 0.2) is 0 Å². The molecule has 1 aromatic carbocycles. The number of carbonyl (C=O) groups is 2. The Labute approximate surface area is 164 Å².